The number of fused-ring (bicyclic) bond motifs is 1. The maximum Gasteiger partial charge on any atom is 0.321 e. The van der Waals surface area contributed by atoms with Gasteiger partial charge in [-0.3, -0.25) is 9.59 Å². The Bertz CT molecular complexity index is 1060. The minimum atomic E-state index is -0.630. The number of hydrogen-bond acceptors (Lipinski definition) is 7. The molecule has 0 bridgehead atoms. The van der Waals surface area contributed by atoms with Crippen molar-refractivity contribution in [1.29, 1.82) is 0 Å². The van der Waals surface area contributed by atoms with Crippen LogP contribution in [0.2, 0.25) is 0 Å². The topological polar surface area (TPSA) is 97.4 Å². The lowest BCUT2D eigenvalue weighted by Gasteiger charge is -2.29. The van der Waals surface area contributed by atoms with Crippen molar-refractivity contribution in [3.8, 4) is 11.5 Å². The first kappa shape index (κ1) is 25.8. The van der Waals surface area contributed by atoms with Gasteiger partial charge < -0.3 is 29.3 Å². The van der Waals surface area contributed by atoms with Crippen LogP contribution in [0.4, 0.5) is 4.79 Å². The molecule has 1 N–H and O–H groups in total. The molecule has 9 nitrogen and oxygen atoms in total. The molecule has 2 aliphatic heterocycles. The first-order valence-corrected chi connectivity index (χ1v) is 13.3. The highest BCUT2D eigenvalue weighted by Crippen LogP contribution is 2.35. The second-order valence-electron chi connectivity index (χ2n) is 8.82. The van der Waals surface area contributed by atoms with E-state index in [1.165, 1.54) is 0 Å². The summed E-state index contributed by atoms with van der Waals surface area (Å²) in [5.74, 6) is 0.498. The molecule has 4 rings (SSSR count). The molecule has 0 aliphatic carbocycles. The molecule has 10 heteroatoms. The number of urea groups is 1. The number of amides is 3. The summed E-state index contributed by atoms with van der Waals surface area (Å²) in [5, 5.41) is 5.03. The summed E-state index contributed by atoms with van der Waals surface area (Å²) in [6.45, 7) is 5.78. The Morgan fingerprint density at radius 2 is 2.00 bits per heavy atom. The Balaban J connectivity index is 1.51. The van der Waals surface area contributed by atoms with Crippen LogP contribution in [0.15, 0.2) is 35.7 Å². The second kappa shape index (κ2) is 12.1. The smallest absolute Gasteiger partial charge is 0.321 e. The Kier molecular flexibility index (Phi) is 8.69. The lowest BCUT2D eigenvalue weighted by atomic mass is 10.0. The van der Waals surface area contributed by atoms with E-state index in [1.807, 2.05) is 23.6 Å². The number of nitrogens with zero attached hydrogens (tertiary/aromatic N) is 2. The number of thiophene rings is 1. The lowest BCUT2D eigenvalue weighted by molar-refractivity contribution is -0.144. The largest absolute Gasteiger partial charge is 0.466 e. The molecule has 3 amide bonds. The number of carbonyl (C=O) groups excluding carboxylic acids is 3. The number of unbranched alkanes of at least 4 members (excludes halogenated alkanes) is 1. The SMILES string of the molecule is CCCC[C@@H](C(=O)N[C@@H](CC(=O)OCC)c1ccc2c(c1)OCO2)N1CCN(Cc2cccs2)C1=O. The van der Waals surface area contributed by atoms with Crippen LogP contribution in [0.25, 0.3) is 0 Å². The molecule has 3 heterocycles. The molecule has 0 radical (unpaired) electrons. The zero-order chi connectivity index (χ0) is 25.5. The van der Waals surface area contributed by atoms with Crippen LogP contribution in [0.3, 0.4) is 0 Å². The van der Waals surface area contributed by atoms with Gasteiger partial charge in [0.2, 0.25) is 12.7 Å². The number of benzene rings is 1. The summed E-state index contributed by atoms with van der Waals surface area (Å²) in [5.41, 5.74) is 0.710. The van der Waals surface area contributed by atoms with Gasteiger partial charge in [0, 0.05) is 18.0 Å². The fourth-order valence-electron chi connectivity index (χ4n) is 4.49. The number of nitrogens with one attached hydrogen (secondary N) is 1. The Morgan fingerprint density at radius 1 is 1.17 bits per heavy atom. The van der Waals surface area contributed by atoms with Gasteiger partial charge in [-0.25, -0.2) is 4.79 Å². The summed E-state index contributed by atoms with van der Waals surface area (Å²) >= 11 is 1.61. The van der Waals surface area contributed by atoms with Gasteiger partial charge in [-0.15, -0.1) is 11.3 Å². The number of hydrogen-bond donors (Lipinski definition) is 1. The first-order chi connectivity index (χ1) is 17.5. The van der Waals surface area contributed by atoms with Crippen molar-refractivity contribution < 1.29 is 28.6 Å². The predicted molar refractivity (Wildman–Crippen MR) is 135 cm³/mol. The molecule has 1 fully saturated rings. The zero-order valence-electron chi connectivity index (χ0n) is 20.7. The van der Waals surface area contributed by atoms with Gasteiger partial charge in [0.1, 0.15) is 6.04 Å². The van der Waals surface area contributed by atoms with E-state index in [-0.39, 0.29) is 31.8 Å². The molecule has 1 aromatic heterocycles. The van der Waals surface area contributed by atoms with Gasteiger partial charge in [0.25, 0.3) is 0 Å². The number of rotatable bonds is 12. The maximum atomic E-state index is 13.6. The molecule has 2 atom stereocenters. The second-order valence-corrected chi connectivity index (χ2v) is 9.85. The van der Waals surface area contributed by atoms with E-state index >= 15 is 0 Å². The van der Waals surface area contributed by atoms with Crippen molar-refractivity contribution >= 4 is 29.2 Å². The molecule has 1 saturated heterocycles. The van der Waals surface area contributed by atoms with E-state index in [4.69, 9.17) is 14.2 Å². The van der Waals surface area contributed by atoms with E-state index < -0.39 is 18.1 Å². The zero-order valence-corrected chi connectivity index (χ0v) is 21.6. The third-order valence-corrected chi connectivity index (χ3v) is 7.22. The summed E-state index contributed by atoms with van der Waals surface area (Å²) in [6, 6.07) is 7.94. The van der Waals surface area contributed by atoms with Gasteiger partial charge >= 0.3 is 12.0 Å². The third-order valence-electron chi connectivity index (χ3n) is 6.36. The van der Waals surface area contributed by atoms with Gasteiger partial charge in [0.05, 0.1) is 25.6 Å². The number of esters is 1. The van der Waals surface area contributed by atoms with Crippen molar-refractivity contribution in [3.63, 3.8) is 0 Å². The molecule has 36 heavy (non-hydrogen) atoms. The van der Waals surface area contributed by atoms with Crippen LogP contribution in [0, 0.1) is 0 Å². The Morgan fingerprint density at radius 3 is 2.75 bits per heavy atom. The highest BCUT2D eigenvalue weighted by Gasteiger charge is 2.38. The van der Waals surface area contributed by atoms with Crippen molar-refractivity contribution in [1.82, 2.24) is 15.1 Å². The third kappa shape index (κ3) is 6.10. The first-order valence-electron chi connectivity index (χ1n) is 12.4. The molecule has 0 unspecified atom stereocenters. The normalized spacial score (nSPS) is 16.2. The number of ether oxygens (including phenoxy) is 3. The molecule has 194 valence electrons. The van der Waals surface area contributed by atoms with Crippen molar-refractivity contribution in [2.24, 2.45) is 0 Å². The van der Waals surface area contributed by atoms with Crippen LogP contribution in [0.5, 0.6) is 11.5 Å². The quantitative estimate of drug-likeness (QED) is 0.428. The van der Waals surface area contributed by atoms with Gasteiger partial charge in [0.15, 0.2) is 11.5 Å². The van der Waals surface area contributed by atoms with Crippen LogP contribution in [-0.2, 0) is 20.9 Å². The van der Waals surface area contributed by atoms with Crippen molar-refractivity contribution in [2.45, 2.75) is 58.2 Å². The van der Waals surface area contributed by atoms with Crippen LogP contribution in [0.1, 0.15) is 56.0 Å². The fraction of sp³-hybridized carbons (Fsp3) is 0.500. The average molecular weight is 516 g/mol. The predicted octanol–water partition coefficient (Wildman–Crippen LogP) is 4.08. The molecule has 2 aliphatic rings. The lowest BCUT2D eigenvalue weighted by Crippen LogP contribution is -2.49. The van der Waals surface area contributed by atoms with E-state index in [2.05, 4.69) is 12.2 Å². The van der Waals surface area contributed by atoms with Gasteiger partial charge in [-0.05, 0) is 42.5 Å². The molecule has 1 aromatic carbocycles. The van der Waals surface area contributed by atoms with Crippen molar-refractivity contribution in [3.05, 3.63) is 46.2 Å². The fourth-order valence-corrected chi connectivity index (χ4v) is 5.21. The standard InChI is InChI=1S/C26H33N3O6S/c1-3-5-8-21(29-12-11-28(26(29)32)16-19-7-6-13-36-19)25(31)27-20(15-24(30)33-4-2)18-9-10-22-23(14-18)35-17-34-22/h6-7,9-10,13-14,20-21H,3-5,8,11-12,15-17H2,1-2H3,(H,27,31)/t20-,21-/m0/s1. The summed E-state index contributed by atoms with van der Waals surface area (Å²) < 4.78 is 16.0. The van der Waals surface area contributed by atoms with Crippen LogP contribution < -0.4 is 14.8 Å². The minimum absolute atomic E-state index is 0.0296. The molecular weight excluding hydrogens is 482 g/mol. The average Bonchev–Trinajstić information content (AvgIpc) is 3.62. The van der Waals surface area contributed by atoms with E-state index in [0.29, 0.717) is 43.1 Å². The van der Waals surface area contributed by atoms with E-state index in [0.717, 1.165) is 17.7 Å². The van der Waals surface area contributed by atoms with E-state index in [1.54, 1.807) is 40.2 Å². The highest BCUT2D eigenvalue weighted by atomic mass is 32.1. The Labute approximate surface area is 215 Å². The van der Waals surface area contributed by atoms with Crippen LogP contribution >= 0.6 is 11.3 Å². The molecule has 2 aromatic rings. The van der Waals surface area contributed by atoms with E-state index in [9.17, 15) is 14.4 Å². The monoisotopic (exact) mass is 515 g/mol. The summed E-state index contributed by atoms with van der Waals surface area (Å²) in [4.78, 5) is 43.8. The minimum Gasteiger partial charge on any atom is -0.466 e. The highest BCUT2D eigenvalue weighted by molar-refractivity contribution is 7.09. The molecule has 0 saturated carbocycles. The van der Waals surface area contributed by atoms with Crippen LogP contribution in [-0.4, -0.2) is 60.2 Å². The summed E-state index contributed by atoms with van der Waals surface area (Å²) in [7, 11) is 0. The molecule has 0 spiro atoms. The van der Waals surface area contributed by atoms with Gasteiger partial charge in [-0.2, -0.15) is 0 Å². The Hall–Kier alpha value is -3.27. The number of carbonyl (C=O) groups is 3. The molecular formula is C26H33N3O6S. The maximum absolute atomic E-state index is 13.6. The van der Waals surface area contributed by atoms with Crippen molar-refractivity contribution in [2.75, 3.05) is 26.5 Å². The summed E-state index contributed by atoms with van der Waals surface area (Å²) in [6.07, 6.45) is 2.23. The van der Waals surface area contributed by atoms with Gasteiger partial charge in [-0.1, -0.05) is 31.9 Å².